The standard InChI is InChI=1S/C14H15FO3/c15-13-6-4-10(9-18-12-2-1-3-12)8-11(13)5-7-14(16)17/h4-8,12H,1-3,9H2,(H,16,17). The molecule has 2 rings (SSSR count). The molecule has 0 amide bonds. The predicted octanol–water partition coefficient (Wildman–Crippen LogP) is 2.99. The third kappa shape index (κ3) is 3.40. The second kappa shape index (κ2) is 5.78. The fraction of sp³-hybridized carbons (Fsp3) is 0.357. The highest BCUT2D eigenvalue weighted by molar-refractivity contribution is 5.85. The molecule has 3 nitrogen and oxygen atoms in total. The highest BCUT2D eigenvalue weighted by atomic mass is 19.1. The van der Waals surface area contributed by atoms with Gasteiger partial charge in [-0.1, -0.05) is 6.07 Å². The normalized spacial score (nSPS) is 15.8. The van der Waals surface area contributed by atoms with Gasteiger partial charge in [0, 0.05) is 11.6 Å². The smallest absolute Gasteiger partial charge is 0.328 e. The van der Waals surface area contributed by atoms with E-state index in [1.165, 1.54) is 18.6 Å². The van der Waals surface area contributed by atoms with E-state index in [0.717, 1.165) is 24.5 Å². The van der Waals surface area contributed by atoms with Gasteiger partial charge in [0.15, 0.2) is 0 Å². The molecule has 96 valence electrons. The van der Waals surface area contributed by atoms with Crippen molar-refractivity contribution in [2.45, 2.75) is 32.0 Å². The highest BCUT2D eigenvalue weighted by Gasteiger charge is 2.17. The van der Waals surface area contributed by atoms with E-state index >= 15 is 0 Å². The molecule has 1 N–H and O–H groups in total. The predicted molar refractivity (Wildman–Crippen MR) is 65.5 cm³/mol. The lowest BCUT2D eigenvalue weighted by atomic mass is 9.96. The Balaban J connectivity index is 2.02. The first-order chi connectivity index (χ1) is 8.65. The van der Waals surface area contributed by atoms with Gasteiger partial charge in [-0.3, -0.25) is 0 Å². The van der Waals surface area contributed by atoms with Crippen molar-refractivity contribution in [1.29, 1.82) is 0 Å². The average molecular weight is 250 g/mol. The molecule has 1 aromatic rings. The van der Waals surface area contributed by atoms with Crippen molar-refractivity contribution in [3.63, 3.8) is 0 Å². The van der Waals surface area contributed by atoms with E-state index in [4.69, 9.17) is 9.84 Å². The molecule has 0 saturated heterocycles. The number of ether oxygens (including phenoxy) is 1. The fourth-order valence-corrected chi connectivity index (χ4v) is 1.72. The van der Waals surface area contributed by atoms with E-state index in [1.807, 2.05) is 0 Å². The van der Waals surface area contributed by atoms with Gasteiger partial charge in [-0.05, 0) is 43.0 Å². The van der Waals surface area contributed by atoms with Crippen LogP contribution >= 0.6 is 0 Å². The van der Waals surface area contributed by atoms with E-state index in [-0.39, 0.29) is 5.56 Å². The summed E-state index contributed by atoms with van der Waals surface area (Å²) < 4.78 is 19.0. The van der Waals surface area contributed by atoms with Crippen molar-refractivity contribution in [2.75, 3.05) is 0 Å². The molecular formula is C14H15FO3. The fourth-order valence-electron chi connectivity index (χ4n) is 1.72. The zero-order valence-corrected chi connectivity index (χ0v) is 9.93. The zero-order chi connectivity index (χ0) is 13.0. The van der Waals surface area contributed by atoms with Gasteiger partial charge in [0.1, 0.15) is 5.82 Å². The third-order valence-corrected chi connectivity index (χ3v) is 3.00. The Morgan fingerprint density at radius 2 is 2.28 bits per heavy atom. The minimum atomic E-state index is -1.09. The Labute approximate surface area is 105 Å². The molecule has 1 aliphatic rings. The first-order valence-corrected chi connectivity index (χ1v) is 5.96. The van der Waals surface area contributed by atoms with Crippen LogP contribution in [0.2, 0.25) is 0 Å². The molecule has 0 atom stereocenters. The van der Waals surface area contributed by atoms with E-state index in [0.29, 0.717) is 12.7 Å². The molecule has 1 fully saturated rings. The zero-order valence-electron chi connectivity index (χ0n) is 9.93. The first kappa shape index (κ1) is 12.8. The van der Waals surface area contributed by atoms with Crippen LogP contribution in [0.1, 0.15) is 30.4 Å². The Bertz CT molecular complexity index is 464. The van der Waals surface area contributed by atoms with Crippen LogP contribution in [-0.2, 0) is 16.1 Å². The van der Waals surface area contributed by atoms with Crippen LogP contribution < -0.4 is 0 Å². The van der Waals surface area contributed by atoms with Crippen molar-refractivity contribution < 1.29 is 19.0 Å². The molecule has 0 radical (unpaired) electrons. The maximum absolute atomic E-state index is 13.4. The van der Waals surface area contributed by atoms with Crippen molar-refractivity contribution in [3.8, 4) is 0 Å². The van der Waals surface area contributed by atoms with Gasteiger partial charge in [-0.2, -0.15) is 0 Å². The molecular weight excluding hydrogens is 235 g/mol. The van der Waals surface area contributed by atoms with E-state index in [2.05, 4.69) is 0 Å². The van der Waals surface area contributed by atoms with Crippen LogP contribution in [0, 0.1) is 5.82 Å². The molecule has 1 saturated carbocycles. The molecule has 0 aromatic heterocycles. The summed E-state index contributed by atoms with van der Waals surface area (Å²) in [6.45, 7) is 0.443. The molecule has 18 heavy (non-hydrogen) atoms. The molecule has 0 spiro atoms. The summed E-state index contributed by atoms with van der Waals surface area (Å²) in [6.07, 6.45) is 5.90. The summed E-state index contributed by atoms with van der Waals surface area (Å²) in [5.41, 5.74) is 1.13. The maximum atomic E-state index is 13.4. The number of hydrogen-bond donors (Lipinski definition) is 1. The van der Waals surface area contributed by atoms with Crippen LogP contribution in [0.5, 0.6) is 0 Å². The van der Waals surface area contributed by atoms with Crippen LogP contribution in [0.3, 0.4) is 0 Å². The van der Waals surface area contributed by atoms with Gasteiger partial charge in [0.25, 0.3) is 0 Å². The number of halogens is 1. The quantitative estimate of drug-likeness (QED) is 0.817. The molecule has 0 unspecified atom stereocenters. The lowest BCUT2D eigenvalue weighted by Gasteiger charge is -2.25. The van der Waals surface area contributed by atoms with Gasteiger partial charge < -0.3 is 9.84 Å². The highest BCUT2D eigenvalue weighted by Crippen LogP contribution is 2.23. The Morgan fingerprint density at radius 1 is 1.50 bits per heavy atom. The summed E-state index contributed by atoms with van der Waals surface area (Å²) in [5.74, 6) is -1.52. The van der Waals surface area contributed by atoms with Crippen molar-refractivity contribution in [2.24, 2.45) is 0 Å². The molecule has 0 heterocycles. The third-order valence-electron chi connectivity index (χ3n) is 3.00. The Kier molecular flexibility index (Phi) is 4.10. The monoisotopic (exact) mass is 250 g/mol. The summed E-state index contributed by atoms with van der Waals surface area (Å²) in [6, 6.07) is 4.61. The summed E-state index contributed by atoms with van der Waals surface area (Å²) in [5, 5.41) is 8.52. The first-order valence-electron chi connectivity index (χ1n) is 5.96. The molecule has 1 aromatic carbocycles. The molecule has 4 heteroatoms. The van der Waals surface area contributed by atoms with Gasteiger partial charge >= 0.3 is 5.97 Å². The Hall–Kier alpha value is -1.68. The van der Waals surface area contributed by atoms with E-state index < -0.39 is 11.8 Å². The number of carbonyl (C=O) groups is 1. The minimum absolute atomic E-state index is 0.270. The van der Waals surface area contributed by atoms with E-state index in [9.17, 15) is 9.18 Å². The number of carboxylic acids is 1. The lowest BCUT2D eigenvalue weighted by Crippen LogP contribution is -2.21. The SMILES string of the molecule is O=C(O)C=Cc1cc(COC2CCC2)ccc1F. The van der Waals surface area contributed by atoms with Gasteiger partial charge in [-0.15, -0.1) is 0 Å². The second-order valence-corrected chi connectivity index (χ2v) is 4.39. The van der Waals surface area contributed by atoms with Crippen molar-refractivity contribution in [1.82, 2.24) is 0 Å². The van der Waals surface area contributed by atoms with E-state index in [1.54, 1.807) is 12.1 Å². The number of carboxylic acid groups (broad SMARTS) is 1. The topological polar surface area (TPSA) is 46.5 Å². The van der Waals surface area contributed by atoms with Crippen molar-refractivity contribution in [3.05, 3.63) is 41.2 Å². The minimum Gasteiger partial charge on any atom is -0.478 e. The molecule has 0 bridgehead atoms. The van der Waals surface area contributed by atoms with Crippen LogP contribution in [-0.4, -0.2) is 17.2 Å². The molecule has 1 aliphatic carbocycles. The van der Waals surface area contributed by atoms with Crippen LogP contribution in [0.4, 0.5) is 4.39 Å². The summed E-state index contributed by atoms with van der Waals surface area (Å²) >= 11 is 0. The summed E-state index contributed by atoms with van der Waals surface area (Å²) in [4.78, 5) is 10.4. The molecule has 0 aliphatic heterocycles. The maximum Gasteiger partial charge on any atom is 0.328 e. The number of hydrogen-bond acceptors (Lipinski definition) is 2. The average Bonchev–Trinajstić information content (AvgIpc) is 2.27. The number of aliphatic carboxylic acids is 1. The van der Waals surface area contributed by atoms with Crippen molar-refractivity contribution >= 4 is 12.0 Å². The second-order valence-electron chi connectivity index (χ2n) is 4.39. The Morgan fingerprint density at radius 3 is 2.89 bits per heavy atom. The summed E-state index contributed by atoms with van der Waals surface area (Å²) in [7, 11) is 0. The van der Waals surface area contributed by atoms with Crippen LogP contribution in [0.15, 0.2) is 24.3 Å². The number of rotatable bonds is 5. The number of benzene rings is 1. The van der Waals surface area contributed by atoms with Gasteiger partial charge in [0.05, 0.1) is 12.7 Å². The lowest BCUT2D eigenvalue weighted by molar-refractivity contribution is -0.131. The van der Waals surface area contributed by atoms with Gasteiger partial charge in [0.2, 0.25) is 0 Å². The van der Waals surface area contributed by atoms with Gasteiger partial charge in [-0.25, -0.2) is 9.18 Å². The van der Waals surface area contributed by atoms with Crippen LogP contribution in [0.25, 0.3) is 6.08 Å². The largest absolute Gasteiger partial charge is 0.478 e.